The molecule has 18 heavy (non-hydrogen) atoms. The highest BCUT2D eigenvalue weighted by atomic mass is 16.2. The fraction of sp³-hybridized carbons (Fsp3) is 0.929. The molecule has 1 saturated carbocycles. The molecule has 1 amide bonds. The summed E-state index contributed by atoms with van der Waals surface area (Å²) in [5, 5.41) is 0. The van der Waals surface area contributed by atoms with Gasteiger partial charge in [-0.2, -0.15) is 0 Å². The summed E-state index contributed by atoms with van der Waals surface area (Å²) in [6.07, 6.45) is 6.04. The van der Waals surface area contributed by atoms with Crippen LogP contribution in [-0.2, 0) is 4.79 Å². The van der Waals surface area contributed by atoms with E-state index >= 15 is 0 Å². The number of hydrogen-bond acceptors (Lipinski definition) is 3. The van der Waals surface area contributed by atoms with Crippen LogP contribution in [0, 0.1) is 0 Å². The molecule has 1 aliphatic rings. The molecule has 0 aliphatic heterocycles. The number of amides is 1. The molecule has 1 rings (SSSR count). The van der Waals surface area contributed by atoms with Crippen molar-refractivity contribution in [1.82, 2.24) is 9.80 Å². The lowest BCUT2D eigenvalue weighted by Crippen LogP contribution is -2.56. The van der Waals surface area contributed by atoms with Gasteiger partial charge in [0.25, 0.3) is 0 Å². The third-order valence-electron chi connectivity index (χ3n) is 4.46. The second-order valence-corrected chi connectivity index (χ2v) is 5.41. The van der Waals surface area contributed by atoms with Gasteiger partial charge in [0.2, 0.25) is 5.91 Å². The summed E-state index contributed by atoms with van der Waals surface area (Å²) < 4.78 is 0. The summed E-state index contributed by atoms with van der Waals surface area (Å²) in [4.78, 5) is 16.3. The summed E-state index contributed by atoms with van der Waals surface area (Å²) in [7, 11) is 2.06. The van der Waals surface area contributed by atoms with E-state index in [4.69, 9.17) is 5.73 Å². The van der Waals surface area contributed by atoms with Crippen LogP contribution >= 0.6 is 0 Å². The fourth-order valence-corrected chi connectivity index (χ4v) is 3.00. The quantitative estimate of drug-likeness (QED) is 0.781. The standard InChI is InChI=1S/C14H29N3O/c1-4-17(5-2)13(18)11-16(3)14(12-15)9-7-6-8-10-14/h4-12,15H2,1-3H3. The third-order valence-corrected chi connectivity index (χ3v) is 4.46. The average Bonchev–Trinajstić information content (AvgIpc) is 2.40. The highest BCUT2D eigenvalue weighted by Gasteiger charge is 2.35. The Bertz CT molecular complexity index is 258. The summed E-state index contributed by atoms with van der Waals surface area (Å²) in [5.74, 6) is 0.223. The number of hydrogen-bond donors (Lipinski definition) is 1. The van der Waals surface area contributed by atoms with Crippen molar-refractivity contribution in [3.63, 3.8) is 0 Å². The van der Waals surface area contributed by atoms with Crippen LogP contribution in [0.25, 0.3) is 0 Å². The van der Waals surface area contributed by atoms with Gasteiger partial charge in [-0.3, -0.25) is 9.69 Å². The minimum atomic E-state index is 0.0566. The maximum Gasteiger partial charge on any atom is 0.236 e. The van der Waals surface area contributed by atoms with Crippen LogP contribution in [0.3, 0.4) is 0 Å². The molecule has 0 unspecified atom stereocenters. The van der Waals surface area contributed by atoms with E-state index in [2.05, 4.69) is 11.9 Å². The number of carbonyl (C=O) groups is 1. The molecule has 0 aromatic rings. The second kappa shape index (κ2) is 7.10. The van der Waals surface area contributed by atoms with Crippen LogP contribution in [0.15, 0.2) is 0 Å². The van der Waals surface area contributed by atoms with E-state index in [1.54, 1.807) is 0 Å². The highest BCUT2D eigenvalue weighted by Crippen LogP contribution is 2.31. The van der Waals surface area contributed by atoms with Gasteiger partial charge < -0.3 is 10.6 Å². The first-order valence-electron chi connectivity index (χ1n) is 7.28. The van der Waals surface area contributed by atoms with Crippen LogP contribution in [0.1, 0.15) is 46.0 Å². The number of nitrogens with two attached hydrogens (primary N) is 1. The SMILES string of the molecule is CCN(CC)C(=O)CN(C)C1(CN)CCCCC1. The first-order chi connectivity index (χ1) is 8.59. The van der Waals surface area contributed by atoms with Crippen molar-refractivity contribution in [2.75, 3.05) is 33.2 Å². The van der Waals surface area contributed by atoms with E-state index in [0.717, 1.165) is 25.9 Å². The molecule has 2 N–H and O–H groups in total. The summed E-state index contributed by atoms with van der Waals surface area (Å²) >= 11 is 0. The topological polar surface area (TPSA) is 49.6 Å². The van der Waals surface area contributed by atoms with Crippen LogP contribution in [0.2, 0.25) is 0 Å². The molecule has 4 nitrogen and oxygen atoms in total. The molecular weight excluding hydrogens is 226 g/mol. The van der Waals surface area contributed by atoms with Crippen molar-refractivity contribution in [1.29, 1.82) is 0 Å². The largest absolute Gasteiger partial charge is 0.342 e. The van der Waals surface area contributed by atoms with E-state index in [9.17, 15) is 4.79 Å². The molecular formula is C14H29N3O. The van der Waals surface area contributed by atoms with Crippen LogP contribution in [-0.4, -0.2) is 54.5 Å². The Balaban J connectivity index is 2.61. The predicted molar refractivity (Wildman–Crippen MR) is 75.4 cm³/mol. The van der Waals surface area contributed by atoms with E-state index in [1.165, 1.54) is 19.3 Å². The normalized spacial score (nSPS) is 18.9. The van der Waals surface area contributed by atoms with Crippen molar-refractivity contribution in [3.05, 3.63) is 0 Å². The zero-order valence-corrected chi connectivity index (χ0v) is 12.2. The monoisotopic (exact) mass is 255 g/mol. The number of likely N-dealkylation sites (N-methyl/N-ethyl adjacent to an activating group) is 2. The van der Waals surface area contributed by atoms with E-state index < -0.39 is 0 Å². The van der Waals surface area contributed by atoms with Gasteiger partial charge in [0, 0.05) is 25.2 Å². The van der Waals surface area contributed by atoms with Crippen LogP contribution in [0.5, 0.6) is 0 Å². The zero-order chi connectivity index (χ0) is 13.6. The van der Waals surface area contributed by atoms with Gasteiger partial charge in [-0.05, 0) is 33.7 Å². The molecule has 0 radical (unpaired) electrons. The summed E-state index contributed by atoms with van der Waals surface area (Å²) in [5.41, 5.74) is 6.05. The van der Waals surface area contributed by atoms with Crippen molar-refractivity contribution in [2.45, 2.75) is 51.5 Å². The molecule has 4 heteroatoms. The van der Waals surface area contributed by atoms with Gasteiger partial charge in [0.1, 0.15) is 0 Å². The lowest BCUT2D eigenvalue weighted by Gasteiger charge is -2.44. The molecule has 0 spiro atoms. The van der Waals surface area contributed by atoms with Gasteiger partial charge in [-0.25, -0.2) is 0 Å². The minimum Gasteiger partial charge on any atom is -0.342 e. The Morgan fingerprint density at radius 1 is 1.17 bits per heavy atom. The number of carbonyl (C=O) groups excluding carboxylic acids is 1. The Morgan fingerprint density at radius 2 is 1.72 bits per heavy atom. The summed E-state index contributed by atoms with van der Waals surface area (Å²) in [6.45, 7) is 6.80. The average molecular weight is 255 g/mol. The highest BCUT2D eigenvalue weighted by molar-refractivity contribution is 5.78. The van der Waals surface area contributed by atoms with Crippen LogP contribution < -0.4 is 5.73 Å². The lowest BCUT2D eigenvalue weighted by molar-refractivity contribution is -0.133. The third kappa shape index (κ3) is 3.45. The van der Waals surface area contributed by atoms with E-state index in [1.807, 2.05) is 18.7 Å². The molecule has 1 fully saturated rings. The molecule has 1 aliphatic carbocycles. The molecule has 0 heterocycles. The van der Waals surface area contributed by atoms with E-state index in [-0.39, 0.29) is 11.4 Å². The Kier molecular flexibility index (Phi) is 6.09. The smallest absolute Gasteiger partial charge is 0.236 e. The molecule has 0 atom stereocenters. The molecule has 0 aromatic carbocycles. The summed E-state index contributed by atoms with van der Waals surface area (Å²) in [6, 6.07) is 0. The second-order valence-electron chi connectivity index (χ2n) is 5.41. The molecule has 106 valence electrons. The Morgan fingerprint density at radius 3 is 2.17 bits per heavy atom. The Hall–Kier alpha value is -0.610. The van der Waals surface area contributed by atoms with Gasteiger partial charge in [0.15, 0.2) is 0 Å². The maximum absolute atomic E-state index is 12.2. The van der Waals surface area contributed by atoms with Crippen molar-refractivity contribution < 1.29 is 4.79 Å². The van der Waals surface area contributed by atoms with Crippen molar-refractivity contribution >= 4 is 5.91 Å². The van der Waals surface area contributed by atoms with E-state index in [0.29, 0.717) is 13.1 Å². The number of nitrogens with zero attached hydrogens (tertiary/aromatic N) is 2. The van der Waals surface area contributed by atoms with Gasteiger partial charge in [-0.15, -0.1) is 0 Å². The Labute approximate surface area is 111 Å². The van der Waals surface area contributed by atoms with Crippen molar-refractivity contribution in [2.24, 2.45) is 5.73 Å². The predicted octanol–water partition coefficient (Wildman–Crippen LogP) is 1.45. The maximum atomic E-state index is 12.2. The van der Waals surface area contributed by atoms with Gasteiger partial charge in [0.05, 0.1) is 6.54 Å². The minimum absolute atomic E-state index is 0.0566. The molecule has 0 saturated heterocycles. The molecule has 0 aromatic heterocycles. The van der Waals surface area contributed by atoms with Gasteiger partial charge in [-0.1, -0.05) is 19.3 Å². The van der Waals surface area contributed by atoms with Crippen molar-refractivity contribution in [3.8, 4) is 0 Å². The molecule has 0 bridgehead atoms. The first-order valence-corrected chi connectivity index (χ1v) is 7.28. The van der Waals surface area contributed by atoms with Gasteiger partial charge >= 0.3 is 0 Å². The first kappa shape index (κ1) is 15.4. The zero-order valence-electron chi connectivity index (χ0n) is 12.2. The fourth-order valence-electron chi connectivity index (χ4n) is 3.00. The lowest BCUT2D eigenvalue weighted by atomic mass is 9.80. The number of rotatable bonds is 6. The van der Waals surface area contributed by atoms with Crippen LogP contribution in [0.4, 0.5) is 0 Å².